The van der Waals surface area contributed by atoms with Gasteiger partial charge in [-0.15, -0.1) is 0 Å². The molecule has 53 heavy (non-hydrogen) atoms. The molecule has 2 fully saturated rings. The molecule has 5 N–H and O–H groups in total. The zero-order chi connectivity index (χ0) is 38.0. The van der Waals surface area contributed by atoms with Gasteiger partial charge in [-0.05, 0) is 127 Å². The van der Waals surface area contributed by atoms with Crippen molar-refractivity contribution in [3.05, 3.63) is 48.8 Å². The third-order valence-corrected chi connectivity index (χ3v) is 9.22. The third kappa shape index (κ3) is 12.2. The molecular weight excluding hydrogens is 696 g/mol. The average Bonchev–Trinajstić information content (AvgIpc) is 3.11. The van der Waals surface area contributed by atoms with Crippen LogP contribution >= 0.6 is 0 Å². The Labute approximate surface area is 306 Å². The lowest BCUT2D eigenvalue weighted by Crippen LogP contribution is -2.37. The number of aromatic nitrogens is 4. The molecule has 4 aromatic rings. The minimum absolute atomic E-state index is 0.145. The Morgan fingerprint density at radius 2 is 1.19 bits per heavy atom. The van der Waals surface area contributed by atoms with Crippen molar-refractivity contribution in [3.8, 4) is 11.8 Å². The van der Waals surface area contributed by atoms with Crippen molar-refractivity contribution in [2.75, 3.05) is 23.7 Å². The predicted molar refractivity (Wildman–Crippen MR) is 194 cm³/mol. The quantitative estimate of drug-likeness (QED) is 0.111. The van der Waals surface area contributed by atoms with Crippen LogP contribution in [0.5, 0.6) is 11.8 Å². The van der Waals surface area contributed by atoms with Gasteiger partial charge in [0, 0.05) is 41.8 Å². The number of amides is 1. The van der Waals surface area contributed by atoms with E-state index in [4.69, 9.17) is 10.5 Å². The summed E-state index contributed by atoms with van der Waals surface area (Å²) in [5.41, 5.74) is 5.84. The smallest absolute Gasteiger partial charge is 0.407 e. The molecule has 4 heterocycles. The number of ether oxygens (including phenoxy) is 3. The van der Waals surface area contributed by atoms with Gasteiger partial charge in [-0.25, -0.2) is 24.7 Å². The number of alkyl carbamates (subject to hydrolysis) is 1. The van der Waals surface area contributed by atoms with Crippen molar-refractivity contribution in [2.45, 2.75) is 103 Å². The van der Waals surface area contributed by atoms with Crippen LogP contribution in [-0.4, -0.2) is 70.0 Å². The van der Waals surface area contributed by atoms with Gasteiger partial charge in [0.15, 0.2) is 0 Å². The average molecular weight is 745 g/mol. The number of hydrogen-bond donors (Lipinski definition) is 4. The number of alkyl halides is 4. The van der Waals surface area contributed by atoms with Gasteiger partial charge in [0.2, 0.25) is 11.8 Å². The maximum Gasteiger partial charge on any atom is 0.407 e. The van der Waals surface area contributed by atoms with Gasteiger partial charge in [0.1, 0.15) is 28.3 Å². The summed E-state index contributed by atoms with van der Waals surface area (Å²) in [6.45, 7) is 0.968. The molecule has 0 unspecified atom stereocenters. The second kappa shape index (κ2) is 18.3. The highest BCUT2D eigenvalue weighted by molar-refractivity contribution is 5.85. The molecule has 0 aliphatic heterocycles. The van der Waals surface area contributed by atoms with E-state index in [-0.39, 0.29) is 17.8 Å². The first-order valence-electron chi connectivity index (χ1n) is 18.0. The first-order valence-corrected chi connectivity index (χ1v) is 18.0. The minimum atomic E-state index is -2.95. The normalized spacial score (nSPS) is 20.4. The molecule has 1 amide bonds. The van der Waals surface area contributed by atoms with Crippen LogP contribution in [0, 0.1) is 11.8 Å². The lowest BCUT2D eigenvalue weighted by atomic mass is 9.86. The van der Waals surface area contributed by atoms with Gasteiger partial charge in [-0.1, -0.05) is 0 Å². The molecule has 6 rings (SSSR count). The van der Waals surface area contributed by atoms with E-state index in [0.29, 0.717) is 57.9 Å². The zero-order valence-corrected chi connectivity index (χ0v) is 30.2. The Balaban J connectivity index is 0.000000211. The van der Waals surface area contributed by atoms with Crippen molar-refractivity contribution < 1.29 is 36.6 Å². The van der Waals surface area contributed by atoms with Gasteiger partial charge in [0.25, 0.3) is 0 Å². The summed E-state index contributed by atoms with van der Waals surface area (Å²) in [6, 6.07) is 11.3. The van der Waals surface area contributed by atoms with Crippen molar-refractivity contribution >= 4 is 39.5 Å². The van der Waals surface area contributed by atoms with Crippen molar-refractivity contribution in [2.24, 2.45) is 17.6 Å². The zero-order valence-electron chi connectivity index (χ0n) is 30.2. The fourth-order valence-corrected chi connectivity index (χ4v) is 6.56. The largest absolute Gasteiger partial charge is 0.444 e. The van der Waals surface area contributed by atoms with E-state index in [1.807, 2.05) is 39.0 Å². The lowest BCUT2D eigenvalue weighted by molar-refractivity contribution is -0.0525. The number of nitrogens with two attached hydrogens (primary N) is 1. The van der Waals surface area contributed by atoms with Crippen molar-refractivity contribution in [1.29, 1.82) is 0 Å². The molecule has 0 spiro atoms. The molecule has 0 bridgehead atoms. The van der Waals surface area contributed by atoms with Crippen LogP contribution in [0.25, 0.3) is 21.8 Å². The first kappa shape index (κ1) is 39.5. The maximum atomic E-state index is 12.6. The number of carbonyl (C=O) groups is 1. The second-order valence-corrected chi connectivity index (χ2v) is 14.4. The molecule has 0 radical (unpaired) electrons. The van der Waals surface area contributed by atoms with E-state index in [1.165, 1.54) is 12.4 Å². The number of nitrogens with zero attached hydrogens (tertiary/aromatic N) is 4. The highest BCUT2D eigenvalue weighted by Gasteiger charge is 2.24. The molecule has 288 valence electrons. The van der Waals surface area contributed by atoms with Crippen LogP contribution in [-0.2, 0) is 4.74 Å². The summed E-state index contributed by atoms with van der Waals surface area (Å²) in [5.74, 6) is 1.94. The van der Waals surface area contributed by atoms with Crippen molar-refractivity contribution in [3.63, 3.8) is 0 Å². The van der Waals surface area contributed by atoms with E-state index in [2.05, 4.69) is 45.4 Å². The molecule has 16 heteroatoms. The lowest BCUT2D eigenvalue weighted by Gasteiger charge is -2.30. The summed E-state index contributed by atoms with van der Waals surface area (Å²) in [4.78, 5) is 28.3. The number of nitrogens with one attached hydrogen (secondary N) is 3. The van der Waals surface area contributed by atoms with Crippen LogP contribution in [0.1, 0.15) is 72.1 Å². The Hall–Kier alpha value is -4.73. The molecule has 0 aromatic carbocycles. The Kier molecular flexibility index (Phi) is 13.7. The Morgan fingerprint density at radius 3 is 1.60 bits per heavy atom. The van der Waals surface area contributed by atoms with Gasteiger partial charge in [0.05, 0.1) is 0 Å². The molecule has 4 aromatic heterocycles. The molecule has 12 nitrogen and oxygen atoms in total. The SMILES string of the molecule is CC(C)(C)OC(=O)NCC1CCC(Nc2ccc3ccnc(OC(F)F)c3n2)CC1.NCC1CCC(Nc2ccc3ccnc(OC(F)F)c3n2)CC1. The number of rotatable bonds is 11. The van der Waals surface area contributed by atoms with Crippen LogP contribution in [0.4, 0.5) is 34.0 Å². The fraction of sp³-hybridized carbons (Fsp3) is 0.541. The van der Waals surface area contributed by atoms with Gasteiger partial charge < -0.3 is 35.9 Å². The number of pyridine rings is 4. The van der Waals surface area contributed by atoms with Gasteiger partial charge in [-0.3, -0.25) is 0 Å². The summed E-state index contributed by atoms with van der Waals surface area (Å²) in [5, 5.41) is 11.0. The monoisotopic (exact) mass is 744 g/mol. The summed E-state index contributed by atoms with van der Waals surface area (Å²) in [6.07, 6.45) is 10.5. The third-order valence-electron chi connectivity index (χ3n) is 9.22. The number of hydrogen-bond acceptors (Lipinski definition) is 11. The molecule has 2 aliphatic carbocycles. The van der Waals surface area contributed by atoms with Gasteiger partial charge in [-0.2, -0.15) is 17.6 Å². The standard InChI is InChI=1S/C21H28F2N4O3.C16H20F2N4O/c1-21(2,3)30-20(28)25-12-13-4-7-15(8-5-13)26-16-9-6-14-10-11-24-18(17(14)27-16)29-19(22)23;17-16(18)23-15-14-11(7-8-20-15)3-6-13(22-14)21-12-4-1-10(9-19)2-5-12/h6,9-11,13,15,19H,4-5,7-8,12H2,1-3H3,(H,25,28)(H,26,27);3,6-8,10,12,16H,1-2,4-5,9,19H2,(H,21,22). The van der Waals surface area contributed by atoms with E-state index >= 15 is 0 Å². The molecule has 2 saturated carbocycles. The highest BCUT2D eigenvalue weighted by Crippen LogP contribution is 2.30. The summed E-state index contributed by atoms with van der Waals surface area (Å²) < 4.78 is 64.4. The second-order valence-electron chi connectivity index (χ2n) is 14.4. The van der Waals surface area contributed by atoms with E-state index in [1.54, 1.807) is 18.2 Å². The number of carbonyl (C=O) groups excluding carboxylic acids is 1. The minimum Gasteiger partial charge on any atom is -0.444 e. The topological polar surface area (TPSA) is 158 Å². The van der Waals surface area contributed by atoms with Crippen molar-refractivity contribution in [1.82, 2.24) is 25.3 Å². The molecule has 2 aliphatic rings. The molecule has 0 saturated heterocycles. The fourth-order valence-electron chi connectivity index (χ4n) is 6.56. The number of halogens is 4. The summed E-state index contributed by atoms with van der Waals surface area (Å²) >= 11 is 0. The Bertz CT molecular complexity index is 1780. The predicted octanol–water partition coefficient (Wildman–Crippen LogP) is 7.89. The molecular formula is C37H48F4N8O4. The van der Waals surface area contributed by atoms with Crippen LogP contribution in [0.15, 0.2) is 48.8 Å². The van der Waals surface area contributed by atoms with Crippen LogP contribution < -0.4 is 31.2 Å². The van der Waals surface area contributed by atoms with Crippen LogP contribution in [0.2, 0.25) is 0 Å². The molecule has 0 atom stereocenters. The Morgan fingerprint density at radius 1 is 0.736 bits per heavy atom. The first-order chi connectivity index (χ1) is 25.3. The maximum absolute atomic E-state index is 12.6. The van der Waals surface area contributed by atoms with Crippen LogP contribution in [0.3, 0.4) is 0 Å². The van der Waals surface area contributed by atoms with E-state index < -0.39 is 24.9 Å². The van der Waals surface area contributed by atoms with Gasteiger partial charge >= 0.3 is 19.3 Å². The van der Waals surface area contributed by atoms with E-state index in [0.717, 1.165) is 57.9 Å². The summed E-state index contributed by atoms with van der Waals surface area (Å²) in [7, 11) is 0. The van der Waals surface area contributed by atoms with E-state index in [9.17, 15) is 22.4 Å². The number of anilines is 2. The number of fused-ring (bicyclic) bond motifs is 2. The highest BCUT2D eigenvalue weighted by atomic mass is 19.3.